The smallest absolute Gasteiger partial charge is 0.231 e. The summed E-state index contributed by atoms with van der Waals surface area (Å²) in [5.41, 5.74) is 10.9. The summed E-state index contributed by atoms with van der Waals surface area (Å²) < 4.78 is 0. The second-order valence-electron chi connectivity index (χ2n) is 3.43. The van der Waals surface area contributed by atoms with Crippen molar-refractivity contribution in [3.8, 4) is 0 Å². The summed E-state index contributed by atoms with van der Waals surface area (Å²) in [5, 5.41) is 0. The van der Waals surface area contributed by atoms with Crippen LogP contribution in [0.3, 0.4) is 0 Å². The van der Waals surface area contributed by atoms with Crippen LogP contribution in [0.1, 0.15) is 19.3 Å². The van der Waals surface area contributed by atoms with E-state index < -0.39 is 0 Å². The zero-order valence-corrected chi connectivity index (χ0v) is 9.78. The van der Waals surface area contributed by atoms with Gasteiger partial charge in [0, 0.05) is 12.6 Å². The Balaban J connectivity index is 0. The lowest BCUT2D eigenvalue weighted by Crippen LogP contribution is -2.34. The normalized spacial score (nSPS) is 22.8. The van der Waals surface area contributed by atoms with Gasteiger partial charge < -0.3 is 11.5 Å². The van der Waals surface area contributed by atoms with E-state index in [1.807, 2.05) is 0 Å². The van der Waals surface area contributed by atoms with E-state index in [0.717, 1.165) is 32.4 Å². The number of carbonyl (C=O) groups is 1. The fraction of sp³-hybridized carbons (Fsp3) is 0.875. The SMILES string of the molecule is Cl.Cl.NC(=O)CN1CCCC(N)CC1. The monoisotopic (exact) mass is 243 g/mol. The van der Waals surface area contributed by atoms with E-state index >= 15 is 0 Å². The van der Waals surface area contributed by atoms with Gasteiger partial charge in [0.2, 0.25) is 5.91 Å². The number of hydrogen-bond donors (Lipinski definition) is 2. The minimum absolute atomic E-state index is 0. The van der Waals surface area contributed by atoms with E-state index in [0.29, 0.717) is 12.6 Å². The molecule has 86 valence electrons. The molecule has 1 amide bonds. The van der Waals surface area contributed by atoms with Crippen molar-refractivity contribution in [1.82, 2.24) is 4.90 Å². The molecule has 1 aliphatic heterocycles. The number of nitrogens with zero attached hydrogens (tertiary/aromatic N) is 1. The first kappa shape index (κ1) is 16.4. The molecular formula is C8H19Cl2N3O. The lowest BCUT2D eigenvalue weighted by molar-refractivity contribution is -0.119. The summed E-state index contributed by atoms with van der Waals surface area (Å²) >= 11 is 0. The highest BCUT2D eigenvalue weighted by atomic mass is 35.5. The third kappa shape index (κ3) is 6.43. The van der Waals surface area contributed by atoms with Crippen molar-refractivity contribution in [2.45, 2.75) is 25.3 Å². The van der Waals surface area contributed by atoms with Crippen molar-refractivity contribution >= 4 is 30.7 Å². The Morgan fingerprint density at radius 2 is 1.93 bits per heavy atom. The maximum atomic E-state index is 10.6. The fourth-order valence-corrected chi connectivity index (χ4v) is 1.56. The maximum Gasteiger partial charge on any atom is 0.231 e. The summed E-state index contributed by atoms with van der Waals surface area (Å²) in [6.07, 6.45) is 3.12. The van der Waals surface area contributed by atoms with Gasteiger partial charge in [-0.05, 0) is 25.8 Å². The Labute approximate surface area is 97.2 Å². The number of primary amides is 1. The van der Waals surface area contributed by atoms with Gasteiger partial charge >= 0.3 is 0 Å². The Morgan fingerprint density at radius 3 is 2.50 bits per heavy atom. The molecule has 0 bridgehead atoms. The predicted molar refractivity (Wildman–Crippen MR) is 62.0 cm³/mol. The molecule has 1 unspecified atom stereocenters. The minimum Gasteiger partial charge on any atom is -0.369 e. The molecular weight excluding hydrogens is 225 g/mol. The van der Waals surface area contributed by atoms with Crippen molar-refractivity contribution < 1.29 is 4.79 Å². The van der Waals surface area contributed by atoms with Crippen LogP contribution < -0.4 is 11.5 Å². The second kappa shape index (κ2) is 8.29. The van der Waals surface area contributed by atoms with Gasteiger partial charge in [0.05, 0.1) is 6.54 Å². The van der Waals surface area contributed by atoms with Gasteiger partial charge in [-0.1, -0.05) is 0 Å². The molecule has 0 radical (unpaired) electrons. The van der Waals surface area contributed by atoms with E-state index in [-0.39, 0.29) is 30.7 Å². The Hall–Kier alpha value is -0.0300. The number of hydrogen-bond acceptors (Lipinski definition) is 3. The minimum atomic E-state index is -0.245. The molecule has 1 fully saturated rings. The van der Waals surface area contributed by atoms with Crippen molar-refractivity contribution in [3.05, 3.63) is 0 Å². The lowest BCUT2D eigenvalue weighted by Gasteiger charge is -2.17. The number of amides is 1. The standard InChI is InChI=1S/C8H17N3O.2ClH/c9-7-2-1-4-11(5-3-7)6-8(10)12;;/h7H,1-6,9H2,(H2,10,12);2*1H. The van der Waals surface area contributed by atoms with Gasteiger partial charge in [-0.3, -0.25) is 9.69 Å². The van der Waals surface area contributed by atoms with Gasteiger partial charge in [-0.15, -0.1) is 24.8 Å². The quantitative estimate of drug-likeness (QED) is 0.725. The summed E-state index contributed by atoms with van der Waals surface area (Å²) in [6, 6.07) is 0.308. The Bertz CT molecular complexity index is 169. The highest BCUT2D eigenvalue weighted by Crippen LogP contribution is 2.08. The number of halogens is 2. The molecule has 1 heterocycles. The third-order valence-corrected chi connectivity index (χ3v) is 2.24. The molecule has 0 aliphatic carbocycles. The zero-order valence-electron chi connectivity index (χ0n) is 8.15. The van der Waals surface area contributed by atoms with Crippen molar-refractivity contribution in [3.63, 3.8) is 0 Å². The van der Waals surface area contributed by atoms with Crippen molar-refractivity contribution in [2.75, 3.05) is 19.6 Å². The first-order valence-electron chi connectivity index (χ1n) is 4.44. The average molecular weight is 244 g/mol. The van der Waals surface area contributed by atoms with Crippen molar-refractivity contribution in [2.24, 2.45) is 11.5 Å². The molecule has 0 aromatic heterocycles. The van der Waals surface area contributed by atoms with Crippen LogP contribution >= 0.6 is 24.8 Å². The highest BCUT2D eigenvalue weighted by molar-refractivity contribution is 5.85. The van der Waals surface area contributed by atoms with E-state index in [2.05, 4.69) is 4.90 Å². The molecule has 0 spiro atoms. The molecule has 6 heteroatoms. The largest absolute Gasteiger partial charge is 0.369 e. The van der Waals surface area contributed by atoms with Gasteiger partial charge in [0.1, 0.15) is 0 Å². The molecule has 1 rings (SSSR count). The van der Waals surface area contributed by atoms with E-state index in [1.165, 1.54) is 0 Å². The van der Waals surface area contributed by atoms with E-state index in [1.54, 1.807) is 0 Å². The van der Waals surface area contributed by atoms with Crippen molar-refractivity contribution in [1.29, 1.82) is 0 Å². The summed E-state index contributed by atoms with van der Waals surface area (Å²) in [6.45, 7) is 2.24. The number of carbonyl (C=O) groups excluding carboxylic acids is 1. The first-order chi connectivity index (χ1) is 5.68. The van der Waals surface area contributed by atoms with Crippen LogP contribution in [0.25, 0.3) is 0 Å². The van der Waals surface area contributed by atoms with Crippen LogP contribution in [0.2, 0.25) is 0 Å². The number of rotatable bonds is 2. The van der Waals surface area contributed by atoms with Crippen LogP contribution in [0.4, 0.5) is 0 Å². The van der Waals surface area contributed by atoms with Crippen LogP contribution in [-0.2, 0) is 4.79 Å². The molecule has 0 saturated carbocycles. The van der Waals surface area contributed by atoms with Gasteiger partial charge in [-0.2, -0.15) is 0 Å². The molecule has 0 aromatic carbocycles. The topological polar surface area (TPSA) is 72.4 Å². The van der Waals surface area contributed by atoms with Gasteiger partial charge in [0.25, 0.3) is 0 Å². The zero-order chi connectivity index (χ0) is 8.97. The summed E-state index contributed by atoms with van der Waals surface area (Å²) in [4.78, 5) is 12.7. The van der Waals surface area contributed by atoms with Crippen LogP contribution in [0, 0.1) is 0 Å². The molecule has 1 aliphatic rings. The maximum absolute atomic E-state index is 10.6. The summed E-state index contributed by atoms with van der Waals surface area (Å²) in [7, 11) is 0. The second-order valence-corrected chi connectivity index (χ2v) is 3.43. The van der Waals surface area contributed by atoms with E-state index in [4.69, 9.17) is 11.5 Å². The molecule has 14 heavy (non-hydrogen) atoms. The first-order valence-corrected chi connectivity index (χ1v) is 4.44. The molecule has 1 atom stereocenters. The average Bonchev–Trinajstić information content (AvgIpc) is 2.15. The predicted octanol–water partition coefficient (Wildman–Crippen LogP) is 0.129. The summed E-state index contributed by atoms with van der Waals surface area (Å²) in [5.74, 6) is -0.245. The lowest BCUT2D eigenvalue weighted by atomic mass is 10.1. The molecule has 4 N–H and O–H groups in total. The molecule has 4 nitrogen and oxygen atoms in total. The third-order valence-electron chi connectivity index (χ3n) is 2.24. The Morgan fingerprint density at radius 1 is 1.29 bits per heavy atom. The van der Waals surface area contributed by atoms with Gasteiger partial charge in [0.15, 0.2) is 0 Å². The van der Waals surface area contributed by atoms with Crippen LogP contribution in [0.15, 0.2) is 0 Å². The fourth-order valence-electron chi connectivity index (χ4n) is 1.56. The highest BCUT2D eigenvalue weighted by Gasteiger charge is 2.14. The number of nitrogens with two attached hydrogens (primary N) is 2. The number of likely N-dealkylation sites (tertiary alicyclic amines) is 1. The van der Waals surface area contributed by atoms with E-state index in [9.17, 15) is 4.79 Å². The van der Waals surface area contributed by atoms with Crippen LogP contribution in [0.5, 0.6) is 0 Å². The Kier molecular flexibility index (Phi) is 9.72. The van der Waals surface area contributed by atoms with Crippen LogP contribution in [-0.4, -0.2) is 36.5 Å². The molecule has 0 aromatic rings. The van der Waals surface area contributed by atoms with Gasteiger partial charge in [-0.25, -0.2) is 0 Å². The molecule has 1 saturated heterocycles.